The molecule has 0 bridgehead atoms. The summed E-state index contributed by atoms with van der Waals surface area (Å²) in [5, 5.41) is 0. The average Bonchev–Trinajstić information content (AvgIpc) is 3.62. The number of fused-ring (bicyclic) bond motifs is 1. The lowest BCUT2D eigenvalue weighted by atomic mass is 9.91. The van der Waals surface area contributed by atoms with E-state index in [1.807, 2.05) is 24.3 Å². The Morgan fingerprint density at radius 1 is 0.294 bits per heavy atom. The van der Waals surface area contributed by atoms with Crippen molar-refractivity contribution in [1.82, 2.24) is 14.4 Å². The van der Waals surface area contributed by atoms with Gasteiger partial charge in [0.25, 0.3) is 0 Å². The van der Waals surface area contributed by atoms with E-state index >= 15 is 0 Å². The van der Waals surface area contributed by atoms with E-state index in [0.717, 1.165) is 78.5 Å². The largest absolute Gasteiger partial charge is 0.299 e. The smallest absolute Gasteiger partial charge is 0.137 e. The summed E-state index contributed by atoms with van der Waals surface area (Å²) in [6, 6.07) is 68.4. The van der Waals surface area contributed by atoms with Crippen LogP contribution in [0.3, 0.4) is 0 Å². The van der Waals surface area contributed by atoms with Gasteiger partial charge in [-0.05, 0) is 81.9 Å². The van der Waals surface area contributed by atoms with Crippen molar-refractivity contribution in [3.05, 3.63) is 200 Å². The molecule has 3 heteroatoms. The Morgan fingerprint density at radius 3 is 1.33 bits per heavy atom. The molecule has 3 aromatic heterocycles. The fourth-order valence-electron chi connectivity index (χ4n) is 6.88. The molecule has 3 nitrogen and oxygen atoms in total. The molecule has 0 amide bonds. The highest BCUT2D eigenvalue weighted by molar-refractivity contribution is 5.87. The van der Waals surface area contributed by atoms with Gasteiger partial charge in [-0.1, -0.05) is 146 Å². The number of aromatic nitrogens is 3. The zero-order valence-electron chi connectivity index (χ0n) is 27.9. The summed E-state index contributed by atoms with van der Waals surface area (Å²) in [7, 11) is 0. The van der Waals surface area contributed by atoms with Crippen LogP contribution in [-0.2, 0) is 0 Å². The predicted octanol–water partition coefficient (Wildman–Crippen LogP) is 12.4. The van der Waals surface area contributed by atoms with Crippen molar-refractivity contribution in [2.45, 2.75) is 0 Å². The normalized spacial score (nSPS) is 11.1. The summed E-state index contributed by atoms with van der Waals surface area (Å²) in [4.78, 5) is 10.2. The Morgan fingerprint density at radius 2 is 0.725 bits per heavy atom. The van der Waals surface area contributed by atoms with E-state index in [4.69, 9.17) is 9.97 Å². The third kappa shape index (κ3) is 6.03. The van der Waals surface area contributed by atoms with Crippen molar-refractivity contribution in [3.63, 3.8) is 0 Å². The van der Waals surface area contributed by atoms with Crippen LogP contribution < -0.4 is 0 Å². The Bertz CT molecular complexity index is 2550. The lowest BCUT2D eigenvalue weighted by molar-refractivity contribution is 1.19. The van der Waals surface area contributed by atoms with Gasteiger partial charge < -0.3 is 0 Å². The third-order valence-corrected chi connectivity index (χ3v) is 9.38. The van der Waals surface area contributed by atoms with E-state index in [-0.39, 0.29) is 0 Å². The van der Waals surface area contributed by atoms with Crippen molar-refractivity contribution in [1.29, 1.82) is 0 Å². The molecule has 51 heavy (non-hydrogen) atoms. The van der Waals surface area contributed by atoms with E-state index in [2.05, 4.69) is 180 Å². The van der Waals surface area contributed by atoms with Gasteiger partial charge in [0.05, 0.1) is 22.8 Å². The van der Waals surface area contributed by atoms with Crippen molar-refractivity contribution < 1.29 is 0 Å². The molecule has 0 aliphatic carbocycles. The van der Waals surface area contributed by atoms with Gasteiger partial charge in [-0.3, -0.25) is 4.40 Å². The molecule has 0 aliphatic rings. The lowest BCUT2D eigenvalue weighted by Crippen LogP contribution is -1.93. The van der Waals surface area contributed by atoms with Gasteiger partial charge in [0.1, 0.15) is 5.65 Å². The van der Waals surface area contributed by atoms with Gasteiger partial charge in [-0.25, -0.2) is 9.97 Å². The Labute approximate surface area is 297 Å². The van der Waals surface area contributed by atoms with E-state index in [1.54, 1.807) is 0 Å². The highest BCUT2D eigenvalue weighted by Gasteiger charge is 2.17. The maximum Gasteiger partial charge on any atom is 0.137 e. The van der Waals surface area contributed by atoms with E-state index in [1.165, 1.54) is 5.56 Å². The Hall–Kier alpha value is -6.84. The summed E-state index contributed by atoms with van der Waals surface area (Å²) < 4.78 is 2.19. The first kappa shape index (κ1) is 30.2. The fourth-order valence-corrected chi connectivity index (χ4v) is 6.88. The predicted molar refractivity (Wildman–Crippen MR) is 211 cm³/mol. The zero-order valence-corrected chi connectivity index (χ0v) is 27.9. The molecule has 3 heterocycles. The number of benzene rings is 6. The van der Waals surface area contributed by atoms with E-state index in [9.17, 15) is 0 Å². The number of pyridine rings is 2. The number of hydrogen-bond acceptors (Lipinski definition) is 2. The van der Waals surface area contributed by atoms with Crippen LogP contribution in [0.2, 0.25) is 0 Å². The molecule has 6 aromatic carbocycles. The minimum absolute atomic E-state index is 0.922. The number of hydrogen-bond donors (Lipinski definition) is 0. The van der Waals surface area contributed by atoms with Crippen LogP contribution in [0.1, 0.15) is 0 Å². The van der Waals surface area contributed by atoms with Crippen molar-refractivity contribution >= 4 is 5.65 Å². The van der Waals surface area contributed by atoms with Gasteiger partial charge in [0.15, 0.2) is 0 Å². The molecule has 9 aromatic rings. The minimum atomic E-state index is 0.922. The summed E-state index contributed by atoms with van der Waals surface area (Å²) >= 11 is 0. The van der Waals surface area contributed by atoms with E-state index < -0.39 is 0 Å². The second-order valence-electron chi connectivity index (χ2n) is 12.7. The van der Waals surface area contributed by atoms with Crippen LogP contribution in [0.25, 0.3) is 84.1 Å². The van der Waals surface area contributed by atoms with Crippen LogP contribution in [0.5, 0.6) is 0 Å². The van der Waals surface area contributed by atoms with Gasteiger partial charge in [0.2, 0.25) is 0 Å². The topological polar surface area (TPSA) is 30.2 Å². The minimum Gasteiger partial charge on any atom is -0.299 e. The molecular weight excluding hydrogens is 619 g/mol. The second-order valence-corrected chi connectivity index (χ2v) is 12.7. The molecule has 0 saturated carbocycles. The van der Waals surface area contributed by atoms with Gasteiger partial charge >= 0.3 is 0 Å². The maximum absolute atomic E-state index is 5.15. The lowest BCUT2D eigenvalue weighted by Gasteiger charge is -2.15. The highest BCUT2D eigenvalue weighted by Crippen LogP contribution is 2.38. The quantitative estimate of drug-likeness (QED) is 0.172. The van der Waals surface area contributed by atoms with Crippen LogP contribution in [0, 0.1) is 0 Å². The summed E-state index contributed by atoms with van der Waals surface area (Å²) in [6.45, 7) is 0. The summed E-state index contributed by atoms with van der Waals surface area (Å²) in [6.07, 6.45) is 2.10. The summed E-state index contributed by atoms with van der Waals surface area (Å²) in [5.74, 6) is 0. The van der Waals surface area contributed by atoms with Crippen LogP contribution in [0.15, 0.2) is 200 Å². The SMILES string of the molecule is c1ccc(-c2cc(-c3cccc(-c4c(-c5ccccc5)nc5ccccn45)c3)cc(-c3cc(-c4ccccc4)nc(-c4ccccc4)c3)c2)cc1. The van der Waals surface area contributed by atoms with Crippen LogP contribution in [-0.4, -0.2) is 14.4 Å². The molecule has 0 aliphatic heterocycles. The Balaban J connectivity index is 1.24. The molecule has 0 spiro atoms. The van der Waals surface area contributed by atoms with Gasteiger partial charge in [0, 0.05) is 28.5 Å². The first-order chi connectivity index (χ1) is 25.3. The van der Waals surface area contributed by atoms with Crippen molar-refractivity contribution in [2.75, 3.05) is 0 Å². The Kier molecular flexibility index (Phi) is 7.84. The van der Waals surface area contributed by atoms with Crippen molar-refractivity contribution in [2.24, 2.45) is 0 Å². The number of rotatable bonds is 7. The first-order valence-corrected chi connectivity index (χ1v) is 17.2. The molecule has 0 N–H and O–H groups in total. The van der Waals surface area contributed by atoms with Crippen LogP contribution >= 0.6 is 0 Å². The van der Waals surface area contributed by atoms with Gasteiger partial charge in [-0.15, -0.1) is 0 Å². The fraction of sp³-hybridized carbons (Fsp3) is 0. The van der Waals surface area contributed by atoms with Crippen molar-refractivity contribution in [3.8, 4) is 78.4 Å². The molecule has 0 radical (unpaired) electrons. The van der Waals surface area contributed by atoms with E-state index in [0.29, 0.717) is 0 Å². The monoisotopic (exact) mass is 651 g/mol. The molecule has 0 unspecified atom stereocenters. The number of nitrogens with zero attached hydrogens (tertiary/aromatic N) is 3. The molecular formula is C48H33N3. The highest BCUT2D eigenvalue weighted by atomic mass is 15.0. The maximum atomic E-state index is 5.15. The van der Waals surface area contributed by atoms with Crippen LogP contribution in [0.4, 0.5) is 0 Å². The molecule has 9 rings (SSSR count). The summed E-state index contributed by atoms with van der Waals surface area (Å²) in [5.41, 5.74) is 16.1. The standard InChI is InChI=1S/C48H33N3/c1-5-16-34(17-6-1)40-29-41(31-42(30-40)43-32-44(35-18-7-2-8-19-35)49-45(33-43)36-20-9-3-10-21-36)38-24-15-25-39(28-38)48-47(37-22-11-4-12-23-37)50-46-26-13-14-27-51(46)48/h1-33H. The zero-order chi connectivity index (χ0) is 34.0. The molecule has 0 saturated heterocycles. The number of imidazole rings is 1. The molecule has 240 valence electrons. The van der Waals surface area contributed by atoms with Gasteiger partial charge in [-0.2, -0.15) is 0 Å². The molecule has 0 fully saturated rings. The first-order valence-electron chi connectivity index (χ1n) is 17.2. The molecule has 0 atom stereocenters. The third-order valence-electron chi connectivity index (χ3n) is 9.38. The second kappa shape index (κ2) is 13.2. The average molecular weight is 652 g/mol.